The molecule has 22 heavy (non-hydrogen) atoms. The fourth-order valence-corrected chi connectivity index (χ4v) is 3.28. The molecule has 3 atom stereocenters. The van der Waals surface area contributed by atoms with Gasteiger partial charge < -0.3 is 19.3 Å². The van der Waals surface area contributed by atoms with Crippen molar-refractivity contribution in [1.29, 1.82) is 0 Å². The number of carbonyl (C=O) groups is 1. The quantitative estimate of drug-likeness (QED) is 0.849. The maximum atomic E-state index is 12.3. The zero-order valence-corrected chi connectivity index (χ0v) is 13.1. The van der Waals surface area contributed by atoms with Crippen LogP contribution in [0.15, 0.2) is 24.5 Å². The minimum atomic E-state index is -0.0191. The predicted molar refractivity (Wildman–Crippen MR) is 81.4 cm³/mol. The summed E-state index contributed by atoms with van der Waals surface area (Å²) in [6, 6.07) is 4.10. The van der Waals surface area contributed by atoms with Gasteiger partial charge in [0.05, 0.1) is 25.4 Å². The number of rotatable bonds is 3. The summed E-state index contributed by atoms with van der Waals surface area (Å²) in [4.78, 5) is 19.9. The average Bonchev–Trinajstić information content (AvgIpc) is 2.96. The summed E-state index contributed by atoms with van der Waals surface area (Å²) in [5.74, 6) is 0. The molecule has 2 amide bonds. The summed E-state index contributed by atoms with van der Waals surface area (Å²) in [5.41, 5.74) is 1.06. The van der Waals surface area contributed by atoms with Gasteiger partial charge in [0.15, 0.2) is 0 Å². The molecule has 0 aromatic carbocycles. The lowest BCUT2D eigenvalue weighted by Crippen LogP contribution is -2.56. The molecule has 6 heteroatoms. The van der Waals surface area contributed by atoms with Gasteiger partial charge in [0, 0.05) is 33.0 Å². The number of pyridine rings is 1. The summed E-state index contributed by atoms with van der Waals surface area (Å²) in [6.45, 7) is 1.77. The van der Waals surface area contributed by atoms with Crippen LogP contribution in [-0.2, 0) is 16.1 Å². The standard InChI is InChI=1S/C16H23N3O3/c1-18(2)16(20)19-8-9-21-15-13(19)5-6-14(15)22-11-12-4-3-7-17-10-12/h3-4,7,10,13-15H,5-6,8-9,11H2,1-2H3/t13-,14+,15+/m0/s1. The van der Waals surface area contributed by atoms with Crippen LogP contribution in [0, 0.1) is 0 Å². The van der Waals surface area contributed by atoms with Gasteiger partial charge >= 0.3 is 6.03 Å². The Hall–Kier alpha value is -1.66. The zero-order chi connectivity index (χ0) is 15.5. The van der Waals surface area contributed by atoms with Crippen LogP contribution in [0.2, 0.25) is 0 Å². The Kier molecular flexibility index (Phi) is 4.59. The van der Waals surface area contributed by atoms with Crippen molar-refractivity contribution in [2.45, 2.75) is 37.7 Å². The van der Waals surface area contributed by atoms with Crippen molar-refractivity contribution < 1.29 is 14.3 Å². The minimum absolute atomic E-state index is 0.0191. The van der Waals surface area contributed by atoms with Crippen LogP contribution in [0.1, 0.15) is 18.4 Å². The molecule has 1 saturated heterocycles. The highest BCUT2D eigenvalue weighted by atomic mass is 16.5. The lowest BCUT2D eigenvalue weighted by molar-refractivity contribution is -0.108. The van der Waals surface area contributed by atoms with Crippen LogP contribution in [0.3, 0.4) is 0 Å². The number of hydrogen-bond donors (Lipinski definition) is 0. The first-order chi connectivity index (χ1) is 10.7. The second-order valence-electron chi connectivity index (χ2n) is 6.06. The van der Waals surface area contributed by atoms with Gasteiger partial charge in [0.2, 0.25) is 0 Å². The third-order valence-electron chi connectivity index (χ3n) is 4.35. The van der Waals surface area contributed by atoms with E-state index in [0.717, 1.165) is 18.4 Å². The van der Waals surface area contributed by atoms with Crippen molar-refractivity contribution in [2.24, 2.45) is 0 Å². The number of ether oxygens (including phenoxy) is 2. The van der Waals surface area contributed by atoms with E-state index in [-0.39, 0.29) is 24.3 Å². The number of nitrogens with zero attached hydrogens (tertiary/aromatic N) is 3. The second-order valence-corrected chi connectivity index (χ2v) is 6.06. The molecule has 2 fully saturated rings. The van der Waals surface area contributed by atoms with Crippen molar-refractivity contribution in [3.05, 3.63) is 30.1 Å². The van der Waals surface area contributed by atoms with Crippen LogP contribution < -0.4 is 0 Å². The Morgan fingerprint density at radius 2 is 2.36 bits per heavy atom. The van der Waals surface area contributed by atoms with Gasteiger partial charge in [-0.1, -0.05) is 6.07 Å². The fourth-order valence-electron chi connectivity index (χ4n) is 3.28. The Morgan fingerprint density at radius 1 is 1.50 bits per heavy atom. The maximum absolute atomic E-state index is 12.3. The number of amides is 2. The molecule has 2 heterocycles. The SMILES string of the molecule is CN(C)C(=O)N1CCO[C@H]2[C@H](OCc3cccnc3)CC[C@@H]21. The summed E-state index contributed by atoms with van der Waals surface area (Å²) in [6.07, 6.45) is 5.45. The molecule has 1 aliphatic heterocycles. The van der Waals surface area contributed by atoms with Crippen LogP contribution in [0.4, 0.5) is 4.79 Å². The van der Waals surface area contributed by atoms with E-state index in [1.165, 1.54) is 0 Å². The lowest BCUT2D eigenvalue weighted by atomic mass is 10.1. The largest absolute Gasteiger partial charge is 0.372 e. The maximum Gasteiger partial charge on any atom is 0.319 e. The molecule has 0 spiro atoms. The van der Waals surface area contributed by atoms with E-state index in [1.807, 2.05) is 23.2 Å². The molecule has 1 aliphatic carbocycles. The van der Waals surface area contributed by atoms with Gasteiger partial charge in [-0.15, -0.1) is 0 Å². The Morgan fingerprint density at radius 3 is 3.09 bits per heavy atom. The van der Waals surface area contributed by atoms with Gasteiger partial charge in [-0.2, -0.15) is 0 Å². The van der Waals surface area contributed by atoms with Crippen LogP contribution in [0.5, 0.6) is 0 Å². The number of urea groups is 1. The zero-order valence-electron chi connectivity index (χ0n) is 13.1. The molecule has 6 nitrogen and oxygen atoms in total. The van der Waals surface area contributed by atoms with Gasteiger partial charge in [0.25, 0.3) is 0 Å². The van der Waals surface area contributed by atoms with E-state index < -0.39 is 0 Å². The summed E-state index contributed by atoms with van der Waals surface area (Å²) in [5, 5.41) is 0. The molecule has 0 radical (unpaired) electrons. The van der Waals surface area contributed by atoms with Crippen molar-refractivity contribution >= 4 is 6.03 Å². The second kappa shape index (κ2) is 6.62. The third-order valence-corrected chi connectivity index (χ3v) is 4.35. The number of morpholine rings is 1. The van der Waals surface area contributed by atoms with Gasteiger partial charge in [0.1, 0.15) is 6.10 Å². The van der Waals surface area contributed by atoms with E-state index in [1.54, 1.807) is 25.2 Å². The first kappa shape index (κ1) is 15.2. The first-order valence-corrected chi connectivity index (χ1v) is 7.77. The molecule has 120 valence electrons. The Balaban J connectivity index is 1.61. The highest BCUT2D eigenvalue weighted by Crippen LogP contribution is 2.33. The number of fused-ring (bicyclic) bond motifs is 1. The van der Waals surface area contributed by atoms with Gasteiger partial charge in [-0.25, -0.2) is 4.79 Å². The minimum Gasteiger partial charge on any atom is -0.372 e. The van der Waals surface area contributed by atoms with Crippen molar-refractivity contribution in [3.8, 4) is 0 Å². The van der Waals surface area contributed by atoms with Crippen LogP contribution in [0.25, 0.3) is 0 Å². The van der Waals surface area contributed by atoms with E-state index >= 15 is 0 Å². The number of carbonyl (C=O) groups excluding carboxylic acids is 1. The topological polar surface area (TPSA) is 54.9 Å². The van der Waals surface area contributed by atoms with Gasteiger partial charge in [-0.3, -0.25) is 4.98 Å². The molecule has 1 aromatic heterocycles. The predicted octanol–water partition coefficient (Wildman–Crippen LogP) is 1.51. The molecule has 2 aliphatic rings. The van der Waals surface area contributed by atoms with Crippen LogP contribution in [-0.4, -0.2) is 66.3 Å². The van der Waals surface area contributed by atoms with Crippen molar-refractivity contribution in [3.63, 3.8) is 0 Å². The Bertz CT molecular complexity index is 509. The normalized spacial score (nSPS) is 27.5. The average molecular weight is 305 g/mol. The van der Waals surface area contributed by atoms with E-state index in [9.17, 15) is 4.79 Å². The molecular formula is C16H23N3O3. The summed E-state index contributed by atoms with van der Waals surface area (Å²) < 4.78 is 11.9. The smallest absolute Gasteiger partial charge is 0.319 e. The number of hydrogen-bond acceptors (Lipinski definition) is 4. The van der Waals surface area contributed by atoms with Crippen LogP contribution >= 0.6 is 0 Å². The lowest BCUT2D eigenvalue weighted by Gasteiger charge is -2.40. The molecule has 0 unspecified atom stereocenters. The third kappa shape index (κ3) is 3.08. The van der Waals surface area contributed by atoms with E-state index in [4.69, 9.17) is 9.47 Å². The molecule has 3 rings (SSSR count). The molecule has 1 saturated carbocycles. The van der Waals surface area contributed by atoms with Gasteiger partial charge in [-0.05, 0) is 24.5 Å². The van der Waals surface area contributed by atoms with E-state index in [0.29, 0.717) is 19.8 Å². The highest BCUT2D eigenvalue weighted by molar-refractivity contribution is 5.74. The fraction of sp³-hybridized carbons (Fsp3) is 0.625. The summed E-state index contributed by atoms with van der Waals surface area (Å²) in [7, 11) is 3.58. The highest BCUT2D eigenvalue weighted by Gasteiger charge is 2.45. The molecular weight excluding hydrogens is 282 g/mol. The molecule has 0 bridgehead atoms. The number of aromatic nitrogens is 1. The molecule has 0 N–H and O–H groups in total. The van der Waals surface area contributed by atoms with Crippen molar-refractivity contribution in [1.82, 2.24) is 14.8 Å². The monoisotopic (exact) mass is 305 g/mol. The first-order valence-electron chi connectivity index (χ1n) is 7.77. The molecule has 1 aromatic rings. The van der Waals surface area contributed by atoms with Crippen molar-refractivity contribution in [2.75, 3.05) is 27.2 Å². The Labute approximate surface area is 131 Å². The summed E-state index contributed by atoms with van der Waals surface area (Å²) >= 11 is 0. The van der Waals surface area contributed by atoms with E-state index in [2.05, 4.69) is 4.98 Å².